The van der Waals surface area contributed by atoms with Crippen molar-refractivity contribution in [1.82, 2.24) is 9.71 Å². The van der Waals surface area contributed by atoms with E-state index < -0.39 is 15.8 Å². The van der Waals surface area contributed by atoms with Crippen LogP contribution in [-0.4, -0.2) is 13.4 Å². The molecule has 0 bridgehead atoms. The number of nitrogens with one attached hydrogen (secondary N) is 2. The first kappa shape index (κ1) is 17.3. The average molecular weight is 360 g/mol. The minimum atomic E-state index is -3.65. The number of halogens is 1. The molecule has 1 heterocycles. The van der Waals surface area contributed by atoms with E-state index in [-0.39, 0.29) is 17.9 Å². The highest BCUT2D eigenvalue weighted by molar-refractivity contribution is 7.88. The predicted molar refractivity (Wildman–Crippen MR) is 95.2 cm³/mol. The van der Waals surface area contributed by atoms with Gasteiger partial charge >= 0.3 is 0 Å². The molecular formula is C18H17FN2O3S. The largest absolute Gasteiger partial charge is 0.322 e. The standard InChI is InChI=1S/C18H17FN2O3S/c1-12-2-7-17-14(8-12)9-15(18(22)21-17)10-20-25(23,24)11-13-3-5-16(19)6-4-13/h2-9,20H,10-11H2,1H3,(H,21,22). The molecule has 3 aromatic rings. The van der Waals surface area contributed by atoms with Crippen LogP contribution >= 0.6 is 0 Å². The summed E-state index contributed by atoms with van der Waals surface area (Å²) in [5.41, 5.74) is 2.22. The molecule has 130 valence electrons. The highest BCUT2D eigenvalue weighted by Crippen LogP contribution is 2.13. The van der Waals surface area contributed by atoms with Gasteiger partial charge in [-0.15, -0.1) is 0 Å². The van der Waals surface area contributed by atoms with Gasteiger partial charge in [-0.1, -0.05) is 23.8 Å². The summed E-state index contributed by atoms with van der Waals surface area (Å²) >= 11 is 0. The summed E-state index contributed by atoms with van der Waals surface area (Å²) in [5, 5.41) is 0.840. The number of hydrogen-bond acceptors (Lipinski definition) is 3. The lowest BCUT2D eigenvalue weighted by Gasteiger charge is -2.08. The van der Waals surface area contributed by atoms with Gasteiger partial charge in [0.25, 0.3) is 5.56 Å². The Morgan fingerprint density at radius 2 is 1.80 bits per heavy atom. The summed E-state index contributed by atoms with van der Waals surface area (Å²) < 4.78 is 39.6. The second-order valence-electron chi connectivity index (χ2n) is 5.92. The molecule has 0 aliphatic rings. The smallest absolute Gasteiger partial charge is 0.252 e. The van der Waals surface area contributed by atoms with Crippen LogP contribution in [0.1, 0.15) is 16.7 Å². The van der Waals surface area contributed by atoms with Gasteiger partial charge < -0.3 is 4.98 Å². The minimum absolute atomic E-state index is 0.108. The van der Waals surface area contributed by atoms with Crippen LogP contribution in [0, 0.1) is 12.7 Å². The predicted octanol–water partition coefficient (Wildman–Crippen LogP) is 2.60. The summed E-state index contributed by atoms with van der Waals surface area (Å²) in [6, 6.07) is 12.6. The molecule has 1 aromatic heterocycles. The topological polar surface area (TPSA) is 79.0 Å². The Morgan fingerprint density at radius 3 is 2.52 bits per heavy atom. The molecule has 0 saturated heterocycles. The summed E-state index contributed by atoms with van der Waals surface area (Å²) in [6.45, 7) is 1.83. The van der Waals surface area contributed by atoms with E-state index in [1.54, 1.807) is 6.07 Å². The lowest BCUT2D eigenvalue weighted by Crippen LogP contribution is -2.28. The second-order valence-corrected chi connectivity index (χ2v) is 7.73. The Labute approximate surface area is 144 Å². The maximum atomic E-state index is 12.9. The number of benzene rings is 2. The van der Waals surface area contributed by atoms with Crippen molar-refractivity contribution in [3.05, 3.63) is 81.4 Å². The summed E-state index contributed by atoms with van der Waals surface area (Å²) in [7, 11) is -3.65. The third-order valence-corrected chi connectivity index (χ3v) is 5.13. The average Bonchev–Trinajstić information content (AvgIpc) is 2.55. The van der Waals surface area contributed by atoms with Crippen molar-refractivity contribution in [3.63, 3.8) is 0 Å². The van der Waals surface area contributed by atoms with Gasteiger partial charge in [-0.3, -0.25) is 4.79 Å². The SMILES string of the molecule is Cc1ccc2[nH]c(=O)c(CNS(=O)(=O)Cc3ccc(F)cc3)cc2c1. The number of rotatable bonds is 5. The van der Waals surface area contributed by atoms with Crippen LogP contribution < -0.4 is 10.3 Å². The van der Waals surface area contributed by atoms with Crippen molar-refractivity contribution in [2.45, 2.75) is 19.2 Å². The zero-order valence-electron chi connectivity index (χ0n) is 13.5. The van der Waals surface area contributed by atoms with Crippen molar-refractivity contribution in [1.29, 1.82) is 0 Å². The molecular weight excluding hydrogens is 343 g/mol. The number of fused-ring (bicyclic) bond motifs is 1. The Bertz CT molecular complexity index is 1070. The van der Waals surface area contributed by atoms with Gasteiger partial charge in [0, 0.05) is 17.6 Å². The number of aromatic amines is 1. The zero-order chi connectivity index (χ0) is 18.0. The number of aryl methyl sites for hydroxylation is 1. The lowest BCUT2D eigenvalue weighted by atomic mass is 10.1. The normalized spacial score (nSPS) is 11.8. The number of hydrogen-bond donors (Lipinski definition) is 2. The van der Waals surface area contributed by atoms with Crippen LogP contribution in [0.25, 0.3) is 10.9 Å². The van der Waals surface area contributed by atoms with Crippen molar-refractivity contribution in [3.8, 4) is 0 Å². The molecule has 0 atom stereocenters. The van der Waals surface area contributed by atoms with Gasteiger partial charge in [0.15, 0.2) is 0 Å². The van der Waals surface area contributed by atoms with Gasteiger partial charge in [0.2, 0.25) is 10.0 Å². The molecule has 7 heteroatoms. The number of H-pyrrole nitrogens is 1. The van der Waals surface area contributed by atoms with Crippen LogP contribution in [0.2, 0.25) is 0 Å². The maximum absolute atomic E-state index is 12.9. The highest BCUT2D eigenvalue weighted by Gasteiger charge is 2.13. The van der Waals surface area contributed by atoms with Crippen molar-refractivity contribution < 1.29 is 12.8 Å². The third-order valence-electron chi connectivity index (χ3n) is 3.83. The van der Waals surface area contributed by atoms with E-state index in [1.165, 1.54) is 24.3 Å². The Hall–Kier alpha value is -2.51. The first-order valence-corrected chi connectivity index (χ1v) is 9.32. The molecule has 0 saturated carbocycles. The molecule has 0 aliphatic carbocycles. The van der Waals surface area contributed by atoms with Gasteiger partial charge in [0.05, 0.1) is 5.75 Å². The molecule has 2 aromatic carbocycles. The molecule has 0 unspecified atom stereocenters. The lowest BCUT2D eigenvalue weighted by molar-refractivity contribution is 0.580. The molecule has 0 fully saturated rings. The molecule has 0 aliphatic heterocycles. The number of aromatic nitrogens is 1. The van der Waals surface area contributed by atoms with Gasteiger partial charge in [-0.05, 0) is 48.2 Å². The van der Waals surface area contributed by atoms with E-state index in [0.717, 1.165) is 10.9 Å². The van der Waals surface area contributed by atoms with E-state index in [2.05, 4.69) is 9.71 Å². The Balaban J connectivity index is 1.78. The van der Waals surface area contributed by atoms with Gasteiger partial charge in [-0.2, -0.15) is 0 Å². The van der Waals surface area contributed by atoms with E-state index in [1.807, 2.05) is 25.1 Å². The van der Waals surface area contributed by atoms with E-state index >= 15 is 0 Å². The van der Waals surface area contributed by atoms with E-state index in [4.69, 9.17) is 0 Å². The Morgan fingerprint density at radius 1 is 1.08 bits per heavy atom. The first-order valence-electron chi connectivity index (χ1n) is 7.67. The molecule has 0 radical (unpaired) electrons. The molecule has 0 amide bonds. The fourth-order valence-corrected chi connectivity index (χ4v) is 3.65. The summed E-state index contributed by atoms with van der Waals surface area (Å²) in [6.07, 6.45) is 0. The van der Waals surface area contributed by atoms with Crippen molar-refractivity contribution in [2.24, 2.45) is 0 Å². The first-order chi connectivity index (χ1) is 11.8. The molecule has 3 rings (SSSR count). The summed E-state index contributed by atoms with van der Waals surface area (Å²) in [4.78, 5) is 14.8. The van der Waals surface area contributed by atoms with E-state index in [0.29, 0.717) is 16.6 Å². The number of sulfonamides is 1. The zero-order valence-corrected chi connectivity index (χ0v) is 14.4. The maximum Gasteiger partial charge on any atom is 0.252 e. The monoisotopic (exact) mass is 360 g/mol. The van der Waals surface area contributed by atoms with Crippen molar-refractivity contribution in [2.75, 3.05) is 0 Å². The quantitative estimate of drug-likeness (QED) is 0.734. The van der Waals surface area contributed by atoms with E-state index in [9.17, 15) is 17.6 Å². The van der Waals surface area contributed by atoms with Gasteiger partial charge in [0.1, 0.15) is 5.82 Å². The third kappa shape index (κ3) is 4.32. The highest BCUT2D eigenvalue weighted by atomic mass is 32.2. The fraction of sp³-hybridized carbons (Fsp3) is 0.167. The number of pyridine rings is 1. The molecule has 2 N–H and O–H groups in total. The Kier molecular flexibility index (Phi) is 4.69. The van der Waals surface area contributed by atoms with Gasteiger partial charge in [-0.25, -0.2) is 17.5 Å². The van der Waals surface area contributed by atoms with Crippen molar-refractivity contribution >= 4 is 20.9 Å². The minimum Gasteiger partial charge on any atom is -0.322 e. The van der Waals surface area contributed by atoms with Crippen LogP contribution in [0.5, 0.6) is 0 Å². The van der Waals surface area contributed by atoms with Crippen LogP contribution in [0.3, 0.4) is 0 Å². The molecule has 5 nitrogen and oxygen atoms in total. The second kappa shape index (κ2) is 6.78. The van der Waals surface area contributed by atoms with Crippen LogP contribution in [0.4, 0.5) is 4.39 Å². The molecule has 0 spiro atoms. The van der Waals surface area contributed by atoms with Crippen LogP contribution in [-0.2, 0) is 22.3 Å². The van der Waals surface area contributed by atoms with Crippen LogP contribution in [0.15, 0.2) is 53.3 Å². The summed E-state index contributed by atoms with van der Waals surface area (Å²) in [5.74, 6) is -0.704. The molecule has 25 heavy (non-hydrogen) atoms. The fourth-order valence-electron chi connectivity index (χ4n) is 2.54.